The molecular weight excluding hydrogens is 298 g/mol. The SMILES string of the molecule is CCOC(=O)CC(O)C(O)c1c(Cl)cc(F)cc1Cl. The Morgan fingerprint density at radius 2 is 1.89 bits per heavy atom. The van der Waals surface area contributed by atoms with Crippen molar-refractivity contribution in [2.24, 2.45) is 0 Å². The van der Waals surface area contributed by atoms with Crippen molar-refractivity contribution in [2.45, 2.75) is 25.6 Å². The Balaban J connectivity index is 2.88. The number of benzene rings is 1. The molecule has 0 saturated carbocycles. The van der Waals surface area contributed by atoms with Crippen molar-refractivity contribution in [2.75, 3.05) is 6.61 Å². The zero-order chi connectivity index (χ0) is 14.6. The number of hydrogen-bond donors (Lipinski definition) is 2. The molecule has 106 valence electrons. The zero-order valence-electron chi connectivity index (χ0n) is 10.1. The van der Waals surface area contributed by atoms with E-state index in [0.29, 0.717) is 0 Å². The molecule has 0 heterocycles. The van der Waals surface area contributed by atoms with Crippen molar-refractivity contribution in [1.29, 1.82) is 0 Å². The molecule has 1 aromatic carbocycles. The third-order valence-electron chi connectivity index (χ3n) is 2.39. The van der Waals surface area contributed by atoms with Crippen molar-refractivity contribution in [3.8, 4) is 0 Å². The first kappa shape index (κ1) is 16.2. The Kier molecular flexibility index (Phi) is 6.00. The second kappa shape index (κ2) is 7.05. The van der Waals surface area contributed by atoms with Crippen LogP contribution in [0.25, 0.3) is 0 Å². The van der Waals surface area contributed by atoms with Crippen molar-refractivity contribution < 1.29 is 24.1 Å². The molecule has 1 rings (SSSR count). The maximum atomic E-state index is 13.0. The van der Waals surface area contributed by atoms with Gasteiger partial charge in [0.15, 0.2) is 0 Å². The predicted molar refractivity (Wildman–Crippen MR) is 68.6 cm³/mol. The van der Waals surface area contributed by atoms with Gasteiger partial charge in [0.1, 0.15) is 11.9 Å². The summed E-state index contributed by atoms with van der Waals surface area (Å²) in [7, 11) is 0. The molecule has 0 aliphatic carbocycles. The fourth-order valence-corrected chi connectivity index (χ4v) is 2.21. The minimum absolute atomic E-state index is 0.0264. The molecule has 0 aliphatic rings. The van der Waals surface area contributed by atoms with E-state index in [1.807, 2.05) is 0 Å². The van der Waals surface area contributed by atoms with Crippen LogP contribution >= 0.6 is 23.2 Å². The topological polar surface area (TPSA) is 66.8 Å². The summed E-state index contributed by atoms with van der Waals surface area (Å²) >= 11 is 11.5. The van der Waals surface area contributed by atoms with Gasteiger partial charge in [0, 0.05) is 5.56 Å². The van der Waals surface area contributed by atoms with Crippen molar-refractivity contribution >= 4 is 29.2 Å². The van der Waals surface area contributed by atoms with Crippen LogP contribution in [-0.4, -0.2) is 28.9 Å². The number of aliphatic hydroxyl groups excluding tert-OH is 2. The van der Waals surface area contributed by atoms with Crippen LogP contribution < -0.4 is 0 Å². The minimum Gasteiger partial charge on any atom is -0.466 e. The summed E-state index contributed by atoms with van der Waals surface area (Å²) in [5.41, 5.74) is -0.0264. The van der Waals surface area contributed by atoms with Crippen LogP contribution in [0.4, 0.5) is 4.39 Å². The number of halogens is 3. The van der Waals surface area contributed by atoms with Gasteiger partial charge in [0.05, 0.1) is 29.2 Å². The van der Waals surface area contributed by atoms with E-state index in [1.165, 1.54) is 0 Å². The number of hydrogen-bond acceptors (Lipinski definition) is 4. The summed E-state index contributed by atoms with van der Waals surface area (Å²) < 4.78 is 17.6. The normalized spacial score (nSPS) is 14.0. The van der Waals surface area contributed by atoms with E-state index < -0.39 is 30.4 Å². The largest absolute Gasteiger partial charge is 0.466 e. The number of aliphatic hydroxyl groups is 2. The van der Waals surface area contributed by atoms with Crippen LogP contribution in [0.15, 0.2) is 12.1 Å². The Hall–Kier alpha value is -0.880. The van der Waals surface area contributed by atoms with Gasteiger partial charge >= 0.3 is 5.97 Å². The van der Waals surface area contributed by atoms with E-state index >= 15 is 0 Å². The Labute approximate surface area is 119 Å². The molecule has 0 radical (unpaired) electrons. The van der Waals surface area contributed by atoms with Gasteiger partial charge in [-0.2, -0.15) is 0 Å². The monoisotopic (exact) mass is 310 g/mol. The number of ether oxygens (including phenoxy) is 1. The molecule has 0 saturated heterocycles. The van der Waals surface area contributed by atoms with E-state index in [1.54, 1.807) is 6.92 Å². The van der Waals surface area contributed by atoms with Gasteiger partial charge in [-0.05, 0) is 19.1 Å². The van der Waals surface area contributed by atoms with E-state index in [2.05, 4.69) is 4.74 Å². The second-order valence-electron chi connectivity index (χ2n) is 3.80. The zero-order valence-corrected chi connectivity index (χ0v) is 11.6. The van der Waals surface area contributed by atoms with E-state index in [-0.39, 0.29) is 22.2 Å². The third-order valence-corrected chi connectivity index (χ3v) is 3.01. The van der Waals surface area contributed by atoms with Crippen LogP contribution in [-0.2, 0) is 9.53 Å². The summed E-state index contributed by atoms with van der Waals surface area (Å²) in [5.74, 6) is -1.32. The standard InChI is InChI=1S/C12H13Cl2FO4/c1-2-19-10(17)5-9(16)12(18)11-7(13)3-6(15)4-8(11)14/h3-4,9,12,16,18H,2,5H2,1H3. The average molecular weight is 311 g/mol. The molecule has 4 nitrogen and oxygen atoms in total. The first-order chi connectivity index (χ1) is 8.86. The van der Waals surface area contributed by atoms with Gasteiger partial charge in [-0.15, -0.1) is 0 Å². The Bertz CT molecular complexity index is 444. The second-order valence-corrected chi connectivity index (χ2v) is 4.62. The van der Waals surface area contributed by atoms with E-state index in [9.17, 15) is 19.4 Å². The molecule has 7 heteroatoms. The quantitative estimate of drug-likeness (QED) is 0.820. The van der Waals surface area contributed by atoms with Crippen LogP contribution in [0.1, 0.15) is 25.0 Å². The summed E-state index contributed by atoms with van der Waals surface area (Å²) in [6, 6.07) is 1.92. The highest BCUT2D eigenvalue weighted by atomic mass is 35.5. The molecule has 1 aromatic rings. The number of rotatable bonds is 5. The van der Waals surface area contributed by atoms with Gasteiger partial charge in [-0.1, -0.05) is 23.2 Å². The van der Waals surface area contributed by atoms with Crippen LogP contribution in [0.5, 0.6) is 0 Å². The molecule has 0 aromatic heterocycles. The summed E-state index contributed by atoms with van der Waals surface area (Å²) in [6.07, 6.45) is -3.37. The summed E-state index contributed by atoms with van der Waals surface area (Å²) in [6.45, 7) is 1.79. The van der Waals surface area contributed by atoms with Crippen LogP contribution in [0.3, 0.4) is 0 Å². The number of carbonyl (C=O) groups excluding carboxylic acids is 1. The number of carbonyl (C=O) groups is 1. The highest BCUT2D eigenvalue weighted by molar-refractivity contribution is 6.36. The first-order valence-corrected chi connectivity index (χ1v) is 6.28. The van der Waals surface area contributed by atoms with Gasteiger partial charge in [0.2, 0.25) is 0 Å². The lowest BCUT2D eigenvalue weighted by molar-refractivity contribution is -0.147. The maximum Gasteiger partial charge on any atom is 0.308 e. The summed E-state index contributed by atoms with van der Waals surface area (Å²) in [5, 5.41) is 19.4. The molecule has 2 atom stereocenters. The predicted octanol–water partition coefficient (Wildman–Crippen LogP) is 2.48. The van der Waals surface area contributed by atoms with Gasteiger partial charge < -0.3 is 14.9 Å². The van der Waals surface area contributed by atoms with Crippen LogP contribution in [0.2, 0.25) is 10.0 Å². The molecule has 0 aliphatic heterocycles. The molecule has 19 heavy (non-hydrogen) atoms. The lowest BCUT2D eigenvalue weighted by Gasteiger charge is -2.19. The van der Waals surface area contributed by atoms with Gasteiger partial charge in [-0.25, -0.2) is 4.39 Å². The fraction of sp³-hybridized carbons (Fsp3) is 0.417. The van der Waals surface area contributed by atoms with Gasteiger partial charge in [0.25, 0.3) is 0 Å². The van der Waals surface area contributed by atoms with Crippen molar-refractivity contribution in [3.63, 3.8) is 0 Å². The highest BCUT2D eigenvalue weighted by Gasteiger charge is 2.26. The minimum atomic E-state index is -1.51. The molecule has 2 unspecified atom stereocenters. The van der Waals surface area contributed by atoms with E-state index in [0.717, 1.165) is 12.1 Å². The smallest absolute Gasteiger partial charge is 0.308 e. The van der Waals surface area contributed by atoms with Crippen molar-refractivity contribution in [1.82, 2.24) is 0 Å². The van der Waals surface area contributed by atoms with E-state index in [4.69, 9.17) is 23.2 Å². The fourth-order valence-electron chi connectivity index (χ4n) is 1.53. The van der Waals surface area contributed by atoms with Gasteiger partial charge in [-0.3, -0.25) is 4.79 Å². The molecule has 0 spiro atoms. The maximum absolute atomic E-state index is 13.0. The third kappa shape index (κ3) is 4.31. The Morgan fingerprint density at radius 3 is 2.37 bits per heavy atom. The lowest BCUT2D eigenvalue weighted by Crippen LogP contribution is -2.23. The number of esters is 1. The Morgan fingerprint density at radius 1 is 1.37 bits per heavy atom. The average Bonchev–Trinajstić information content (AvgIpc) is 2.27. The van der Waals surface area contributed by atoms with Crippen molar-refractivity contribution in [3.05, 3.63) is 33.6 Å². The molecule has 2 N–H and O–H groups in total. The lowest BCUT2D eigenvalue weighted by atomic mass is 10.0. The first-order valence-electron chi connectivity index (χ1n) is 5.53. The molecule has 0 fully saturated rings. The van der Waals surface area contributed by atoms with Crippen LogP contribution in [0, 0.1) is 5.82 Å². The highest BCUT2D eigenvalue weighted by Crippen LogP contribution is 2.33. The summed E-state index contributed by atoms with van der Waals surface area (Å²) in [4.78, 5) is 11.2. The molecular formula is C12H13Cl2FO4. The molecule has 0 bridgehead atoms. The molecule has 0 amide bonds.